The van der Waals surface area contributed by atoms with Gasteiger partial charge in [0, 0.05) is 23.4 Å². The molecular weight excluding hydrogens is 514 g/mol. The number of alkyl halides is 2. The summed E-state index contributed by atoms with van der Waals surface area (Å²) in [5.41, 5.74) is 7.38. The van der Waals surface area contributed by atoms with E-state index in [-0.39, 0.29) is 11.3 Å². The predicted molar refractivity (Wildman–Crippen MR) is 152 cm³/mol. The minimum Gasteiger partial charge on any atom is -0.478 e. The van der Waals surface area contributed by atoms with E-state index in [1.807, 2.05) is 39.5 Å². The van der Waals surface area contributed by atoms with Crippen molar-refractivity contribution >= 4 is 42.0 Å². The number of carbonyl (C=O) groups is 2. The van der Waals surface area contributed by atoms with Crippen molar-refractivity contribution in [1.82, 2.24) is 0 Å². The van der Waals surface area contributed by atoms with Crippen LogP contribution in [-0.4, -0.2) is 73.7 Å². The Morgan fingerprint density at radius 3 is 2.44 bits per heavy atom. The summed E-state index contributed by atoms with van der Waals surface area (Å²) in [4.78, 5) is 26.7. The Hall–Kier alpha value is -3.91. The number of aromatic carboxylic acids is 1. The van der Waals surface area contributed by atoms with E-state index in [2.05, 4.69) is 25.3 Å². The summed E-state index contributed by atoms with van der Waals surface area (Å²) in [5, 5.41) is 12.2. The molecule has 0 aromatic heterocycles. The van der Waals surface area contributed by atoms with Crippen molar-refractivity contribution in [1.29, 1.82) is 0 Å². The number of carbonyl (C=O) groups excluding carboxylic acids is 1. The highest BCUT2D eigenvalue weighted by Crippen LogP contribution is 2.43. The zero-order valence-corrected chi connectivity index (χ0v) is 22.9. The Morgan fingerprint density at radius 1 is 1.08 bits per heavy atom. The lowest BCUT2D eigenvalue weighted by atomic mass is 9.86. The van der Waals surface area contributed by atoms with Gasteiger partial charge < -0.3 is 10.0 Å². The quantitative estimate of drug-likeness (QED) is 0.345. The first kappa shape index (κ1) is 25.4. The van der Waals surface area contributed by atoms with Crippen molar-refractivity contribution in [2.24, 2.45) is 0 Å². The molecule has 2 saturated heterocycles. The van der Waals surface area contributed by atoms with Gasteiger partial charge in [-0.25, -0.2) is 18.2 Å². The number of anilines is 1. The summed E-state index contributed by atoms with van der Waals surface area (Å²) < 4.78 is 29.5. The van der Waals surface area contributed by atoms with Gasteiger partial charge in [0.2, 0.25) is 6.17 Å². The molecule has 2 aromatic rings. The van der Waals surface area contributed by atoms with Crippen LogP contribution in [0, 0.1) is 0 Å². The molecule has 3 heterocycles. The average Bonchev–Trinajstić information content (AvgIpc) is 2.89. The van der Waals surface area contributed by atoms with E-state index >= 15 is 0 Å². The molecule has 0 saturated carbocycles. The van der Waals surface area contributed by atoms with Crippen LogP contribution < -0.4 is 10.1 Å². The summed E-state index contributed by atoms with van der Waals surface area (Å²) in [7, 11) is -2.58. The number of fused-ring (bicyclic) bond motifs is 2. The number of carboxylic acid groups (broad SMARTS) is 1. The highest BCUT2D eigenvalue weighted by atomic mass is 28.3. The maximum Gasteiger partial charge on any atom is 0.336 e. The molecular formula is C31H29F2N2O3Si+. The van der Waals surface area contributed by atoms with E-state index in [9.17, 15) is 23.5 Å². The van der Waals surface area contributed by atoms with Gasteiger partial charge in [0.1, 0.15) is 14.2 Å². The van der Waals surface area contributed by atoms with Gasteiger partial charge in [-0.2, -0.15) is 0 Å². The largest absolute Gasteiger partial charge is 0.478 e. The van der Waals surface area contributed by atoms with E-state index in [1.165, 1.54) is 13.0 Å². The number of carboxylic acids is 1. The Labute approximate surface area is 226 Å². The molecule has 5 nitrogen and oxygen atoms in total. The van der Waals surface area contributed by atoms with Gasteiger partial charge in [0.15, 0.2) is 24.6 Å². The lowest BCUT2D eigenvalue weighted by Gasteiger charge is -2.41. The van der Waals surface area contributed by atoms with E-state index in [0.717, 1.165) is 38.5 Å². The van der Waals surface area contributed by atoms with E-state index in [4.69, 9.17) is 0 Å². The van der Waals surface area contributed by atoms with Gasteiger partial charge in [0.05, 0.1) is 18.7 Å². The first-order valence-electron chi connectivity index (χ1n) is 13.1. The minimum atomic E-state index is -2.58. The van der Waals surface area contributed by atoms with Crippen LogP contribution in [0.3, 0.4) is 0 Å². The van der Waals surface area contributed by atoms with E-state index < -0.39 is 26.4 Å². The first-order chi connectivity index (χ1) is 18.6. The Kier molecular flexibility index (Phi) is 5.91. The predicted octanol–water partition coefficient (Wildman–Crippen LogP) is 4.41. The number of halogens is 2. The third kappa shape index (κ3) is 3.96. The standard InChI is InChI=1S/C31H28F2N2O3Si/c1-4-39(3)28-12-22(34-14-20(32)15-34)6-9-25(28)30(27-11-19(18(2)36)5-8-24(27)31(37)38)26-10-7-23(13-29(26)39)35-16-21(33)17-35/h4-13,20-21H,1,14-17H2,2-3H3/p+1. The van der Waals surface area contributed by atoms with Crippen LogP contribution in [0.25, 0.3) is 5.57 Å². The number of hydrogen-bond donors (Lipinski definition) is 1. The lowest BCUT2D eigenvalue weighted by Crippen LogP contribution is -2.53. The van der Waals surface area contributed by atoms with Crippen molar-refractivity contribution < 1.29 is 28.1 Å². The van der Waals surface area contributed by atoms with Crippen LogP contribution >= 0.6 is 0 Å². The molecule has 0 spiro atoms. The molecule has 0 radical (unpaired) electrons. The molecule has 6 rings (SSSR count). The zero-order chi connectivity index (χ0) is 27.6. The van der Waals surface area contributed by atoms with Gasteiger partial charge in [-0.05, 0) is 69.9 Å². The number of ketones is 1. The van der Waals surface area contributed by atoms with Crippen molar-refractivity contribution in [3.8, 4) is 0 Å². The second kappa shape index (κ2) is 9.09. The fourth-order valence-corrected chi connectivity index (χ4v) is 9.14. The number of rotatable bonds is 5. The molecule has 2 fully saturated rings. The number of allylic oxidation sites excluding steroid dienone is 5. The van der Waals surface area contributed by atoms with Crippen molar-refractivity contribution in [3.05, 3.63) is 99.9 Å². The Balaban J connectivity index is 1.66. The van der Waals surface area contributed by atoms with Gasteiger partial charge in [-0.3, -0.25) is 4.79 Å². The minimum absolute atomic E-state index is 0.106. The molecule has 2 aromatic carbocycles. The normalized spacial score (nSPS) is 23.9. The number of hydrogen-bond acceptors (Lipinski definition) is 3. The molecule has 1 N–H and O–H groups in total. The monoisotopic (exact) mass is 543 g/mol. The van der Waals surface area contributed by atoms with Crippen LogP contribution in [0.2, 0.25) is 6.55 Å². The van der Waals surface area contributed by atoms with Crippen LogP contribution in [0.5, 0.6) is 0 Å². The van der Waals surface area contributed by atoms with Gasteiger partial charge in [-0.15, -0.1) is 6.58 Å². The molecule has 1 aliphatic carbocycles. The summed E-state index contributed by atoms with van der Waals surface area (Å²) >= 11 is 0. The van der Waals surface area contributed by atoms with Crippen LogP contribution in [0.1, 0.15) is 38.8 Å². The van der Waals surface area contributed by atoms with Crippen molar-refractivity contribution in [3.63, 3.8) is 0 Å². The summed E-state index contributed by atoms with van der Waals surface area (Å²) in [5.74, 6) is -1.24. The molecule has 198 valence electrons. The summed E-state index contributed by atoms with van der Waals surface area (Å²) in [6, 6.07) is 10.8. The van der Waals surface area contributed by atoms with Gasteiger partial charge in [-0.1, -0.05) is 24.4 Å². The Morgan fingerprint density at radius 2 is 1.82 bits per heavy atom. The lowest BCUT2D eigenvalue weighted by molar-refractivity contribution is -0.599. The fraction of sp³-hybridized carbons (Fsp3) is 0.258. The van der Waals surface area contributed by atoms with Gasteiger partial charge in [0.25, 0.3) is 0 Å². The average molecular weight is 544 g/mol. The summed E-state index contributed by atoms with van der Waals surface area (Å²) in [6.45, 7) is 9.26. The molecule has 1 unspecified atom stereocenters. The fourth-order valence-electron chi connectivity index (χ4n) is 5.98. The van der Waals surface area contributed by atoms with E-state index in [1.54, 1.807) is 12.1 Å². The van der Waals surface area contributed by atoms with E-state index in [0.29, 0.717) is 37.3 Å². The SMILES string of the molecule is C=C[Si]1(C)C2=CC(=[N+]3CC(F)C3)C=CC2=C(c2cc(C(C)=O)ccc2C(=O)O)c2ccc(N3CC(F)C3)cc21. The molecule has 0 amide bonds. The topological polar surface area (TPSA) is 60.6 Å². The third-order valence-corrected chi connectivity index (χ3v) is 12.3. The maximum absolute atomic E-state index is 13.7. The smallest absolute Gasteiger partial charge is 0.336 e. The third-order valence-electron chi connectivity index (χ3n) is 8.40. The second-order valence-electron chi connectivity index (χ2n) is 10.9. The van der Waals surface area contributed by atoms with Crippen LogP contribution in [0.4, 0.5) is 14.5 Å². The molecule has 4 aliphatic rings. The molecule has 3 aliphatic heterocycles. The van der Waals surface area contributed by atoms with Crippen molar-refractivity contribution in [2.75, 3.05) is 31.1 Å². The van der Waals surface area contributed by atoms with Gasteiger partial charge >= 0.3 is 5.97 Å². The van der Waals surface area contributed by atoms with Crippen LogP contribution in [-0.2, 0) is 0 Å². The number of nitrogens with zero attached hydrogens (tertiary/aromatic N) is 2. The number of Topliss-reactive ketones (excluding diaryl/α,β-unsaturated/α-hetero) is 1. The zero-order valence-electron chi connectivity index (χ0n) is 21.9. The summed E-state index contributed by atoms with van der Waals surface area (Å²) in [6.07, 6.45) is 4.35. The molecule has 1 atom stereocenters. The second-order valence-corrected chi connectivity index (χ2v) is 14.8. The molecule has 39 heavy (non-hydrogen) atoms. The first-order valence-corrected chi connectivity index (χ1v) is 15.7. The maximum atomic E-state index is 13.7. The highest BCUT2D eigenvalue weighted by Gasteiger charge is 2.44. The highest BCUT2D eigenvalue weighted by molar-refractivity contribution is 7.02. The molecule has 8 heteroatoms. The van der Waals surface area contributed by atoms with Crippen molar-refractivity contribution in [2.45, 2.75) is 25.8 Å². The Bertz CT molecular complexity index is 1590. The molecule has 0 bridgehead atoms. The van der Waals surface area contributed by atoms with Crippen LogP contribution in [0.15, 0.2) is 77.7 Å². The number of benzene rings is 2.